The monoisotopic (exact) mass is 262 g/mol. The van der Waals surface area contributed by atoms with Crippen LogP contribution in [0.2, 0.25) is 0 Å². The van der Waals surface area contributed by atoms with Gasteiger partial charge in [0.2, 0.25) is 0 Å². The van der Waals surface area contributed by atoms with Gasteiger partial charge in [-0.25, -0.2) is 9.78 Å². The quantitative estimate of drug-likeness (QED) is 0.902. The molecule has 0 radical (unpaired) electrons. The van der Waals surface area contributed by atoms with Gasteiger partial charge in [0, 0.05) is 23.4 Å². The smallest absolute Gasteiger partial charge is 0.347 e. The highest BCUT2D eigenvalue weighted by molar-refractivity contribution is 7.17. The molecular weight excluding hydrogens is 248 g/mol. The van der Waals surface area contributed by atoms with Crippen LogP contribution < -0.4 is 0 Å². The van der Waals surface area contributed by atoms with Gasteiger partial charge < -0.3 is 5.11 Å². The predicted octanol–water partition coefficient (Wildman–Crippen LogP) is 3.20. The minimum absolute atomic E-state index is 0.287. The highest BCUT2D eigenvalue weighted by Crippen LogP contribution is 2.34. The number of rotatable bonds is 2. The zero-order valence-corrected chi connectivity index (χ0v) is 11.3. The van der Waals surface area contributed by atoms with Crippen LogP contribution in [0.5, 0.6) is 0 Å². The Morgan fingerprint density at radius 3 is 2.56 bits per heavy atom. The summed E-state index contributed by atoms with van der Waals surface area (Å²) in [6.07, 6.45) is 3.37. The first-order valence-corrected chi connectivity index (χ1v) is 6.36. The van der Waals surface area contributed by atoms with Gasteiger partial charge in [0.1, 0.15) is 9.88 Å². The number of carboxylic acid groups (broad SMARTS) is 1. The molecule has 0 amide bonds. The fourth-order valence-corrected chi connectivity index (χ4v) is 2.69. The molecule has 1 N–H and O–H groups in total. The summed E-state index contributed by atoms with van der Waals surface area (Å²) in [5.41, 5.74) is 1.18. The van der Waals surface area contributed by atoms with E-state index in [0.29, 0.717) is 15.6 Å². The first-order chi connectivity index (χ1) is 8.39. The number of aromatic nitrogens is 2. The van der Waals surface area contributed by atoms with Crippen molar-refractivity contribution in [3.63, 3.8) is 0 Å². The zero-order chi connectivity index (χ0) is 13.3. The third-order valence-electron chi connectivity index (χ3n) is 2.44. The lowest BCUT2D eigenvalue weighted by molar-refractivity contribution is 0.0699. The number of nitrogens with zero attached hydrogens (tertiary/aromatic N) is 2. The van der Waals surface area contributed by atoms with Crippen molar-refractivity contribution >= 4 is 17.3 Å². The first kappa shape index (κ1) is 12.7. The largest absolute Gasteiger partial charge is 0.477 e. The normalized spacial score (nSPS) is 11.5. The van der Waals surface area contributed by atoms with Gasteiger partial charge >= 0.3 is 5.97 Å². The van der Waals surface area contributed by atoms with E-state index in [2.05, 4.69) is 9.97 Å². The maximum Gasteiger partial charge on any atom is 0.347 e. The van der Waals surface area contributed by atoms with E-state index in [0.717, 1.165) is 5.56 Å². The Kier molecular flexibility index (Phi) is 3.17. The predicted molar refractivity (Wildman–Crippen MR) is 71.0 cm³/mol. The van der Waals surface area contributed by atoms with E-state index in [1.807, 2.05) is 32.9 Å². The molecule has 0 aliphatic rings. The molecule has 2 heterocycles. The third kappa shape index (κ3) is 2.41. The number of hydrogen-bond acceptors (Lipinski definition) is 4. The Balaban J connectivity index is 2.57. The molecule has 0 saturated carbocycles. The van der Waals surface area contributed by atoms with Gasteiger partial charge in [-0.2, -0.15) is 0 Å². The molecule has 0 fully saturated rings. The Labute approximate surface area is 109 Å². The van der Waals surface area contributed by atoms with Gasteiger partial charge in [-0.05, 0) is 12.1 Å². The molecule has 4 nitrogen and oxygen atoms in total. The second-order valence-corrected chi connectivity index (χ2v) is 5.99. The molecule has 0 bridgehead atoms. The average molecular weight is 262 g/mol. The van der Waals surface area contributed by atoms with Crippen molar-refractivity contribution in [2.45, 2.75) is 26.2 Å². The van der Waals surface area contributed by atoms with Crippen LogP contribution in [0.25, 0.3) is 10.6 Å². The summed E-state index contributed by atoms with van der Waals surface area (Å²) in [5.74, 6) is -0.924. The highest BCUT2D eigenvalue weighted by atomic mass is 32.1. The lowest BCUT2D eigenvalue weighted by Gasteiger charge is -2.15. The Bertz CT molecular complexity index is 570. The van der Waals surface area contributed by atoms with Gasteiger partial charge in [-0.3, -0.25) is 4.98 Å². The van der Waals surface area contributed by atoms with Gasteiger partial charge in [-0.1, -0.05) is 20.8 Å². The lowest BCUT2D eigenvalue weighted by atomic mass is 9.91. The molecule has 0 aliphatic carbocycles. The standard InChI is InChI=1S/C13H14N2O2S/c1-13(2,3)10-9(12(16)17)18-11(15-10)8-5-4-6-14-7-8/h4-7H,1-3H3,(H,16,17). The zero-order valence-electron chi connectivity index (χ0n) is 10.5. The molecule has 0 saturated heterocycles. The van der Waals surface area contributed by atoms with Crippen molar-refractivity contribution in [3.8, 4) is 10.6 Å². The number of carboxylic acids is 1. The van der Waals surface area contributed by atoms with Crippen molar-refractivity contribution in [1.82, 2.24) is 9.97 Å². The number of hydrogen-bond donors (Lipinski definition) is 1. The van der Waals surface area contributed by atoms with Crippen LogP contribution in [0, 0.1) is 0 Å². The molecule has 5 heteroatoms. The van der Waals surface area contributed by atoms with Crippen molar-refractivity contribution in [1.29, 1.82) is 0 Å². The van der Waals surface area contributed by atoms with Crippen LogP contribution in [0.3, 0.4) is 0 Å². The summed E-state index contributed by atoms with van der Waals surface area (Å²) < 4.78 is 0. The maximum atomic E-state index is 11.3. The van der Waals surface area contributed by atoms with Crippen molar-refractivity contribution in [2.24, 2.45) is 0 Å². The second-order valence-electron chi connectivity index (χ2n) is 4.99. The molecular formula is C13H14N2O2S. The fourth-order valence-electron chi connectivity index (χ4n) is 1.59. The van der Waals surface area contributed by atoms with Crippen LogP contribution in [0.4, 0.5) is 0 Å². The summed E-state index contributed by atoms with van der Waals surface area (Å²) in [6, 6.07) is 3.69. The molecule has 0 spiro atoms. The Hall–Kier alpha value is -1.75. The summed E-state index contributed by atoms with van der Waals surface area (Å²) in [4.78, 5) is 20.1. The minimum atomic E-state index is -0.924. The van der Waals surface area contributed by atoms with Gasteiger partial charge in [0.05, 0.1) is 5.69 Å². The van der Waals surface area contributed by atoms with Crippen molar-refractivity contribution in [3.05, 3.63) is 35.1 Å². The van der Waals surface area contributed by atoms with Gasteiger partial charge in [0.25, 0.3) is 0 Å². The second kappa shape index (κ2) is 4.49. The first-order valence-electron chi connectivity index (χ1n) is 5.54. The fraction of sp³-hybridized carbons (Fsp3) is 0.308. The van der Waals surface area contributed by atoms with Crippen LogP contribution >= 0.6 is 11.3 Å². The molecule has 0 unspecified atom stereocenters. The van der Waals surface area contributed by atoms with Crippen molar-refractivity contribution in [2.75, 3.05) is 0 Å². The third-order valence-corrected chi connectivity index (χ3v) is 3.53. The number of aromatic carboxylic acids is 1. The van der Waals surface area contributed by atoms with Crippen LogP contribution in [0.1, 0.15) is 36.1 Å². The Morgan fingerprint density at radius 2 is 2.11 bits per heavy atom. The molecule has 0 aromatic carbocycles. The van der Waals surface area contributed by atoms with E-state index in [1.54, 1.807) is 12.4 Å². The molecule has 94 valence electrons. The number of thiazole rings is 1. The number of pyridine rings is 1. The molecule has 18 heavy (non-hydrogen) atoms. The van der Waals surface area contributed by atoms with E-state index < -0.39 is 5.97 Å². The van der Waals surface area contributed by atoms with Crippen LogP contribution in [-0.4, -0.2) is 21.0 Å². The maximum absolute atomic E-state index is 11.3. The summed E-state index contributed by atoms with van der Waals surface area (Å²) in [6.45, 7) is 5.88. The average Bonchev–Trinajstić information content (AvgIpc) is 2.74. The molecule has 0 aliphatic heterocycles. The van der Waals surface area contributed by atoms with Gasteiger partial charge in [-0.15, -0.1) is 11.3 Å². The Morgan fingerprint density at radius 1 is 1.39 bits per heavy atom. The summed E-state index contributed by atoms with van der Waals surface area (Å²) >= 11 is 1.20. The van der Waals surface area contributed by atoms with Crippen molar-refractivity contribution < 1.29 is 9.90 Å². The SMILES string of the molecule is CC(C)(C)c1nc(-c2cccnc2)sc1C(=O)O. The number of carbonyl (C=O) groups is 1. The molecule has 2 rings (SSSR count). The molecule has 2 aromatic heterocycles. The van der Waals surface area contributed by atoms with Crippen LogP contribution in [0.15, 0.2) is 24.5 Å². The van der Waals surface area contributed by atoms with Crippen LogP contribution in [-0.2, 0) is 5.41 Å². The lowest BCUT2D eigenvalue weighted by Crippen LogP contribution is -2.16. The highest BCUT2D eigenvalue weighted by Gasteiger charge is 2.27. The van der Waals surface area contributed by atoms with E-state index in [9.17, 15) is 9.90 Å². The van der Waals surface area contributed by atoms with Gasteiger partial charge in [0.15, 0.2) is 0 Å². The molecule has 0 atom stereocenters. The topological polar surface area (TPSA) is 63.1 Å². The van der Waals surface area contributed by atoms with E-state index in [4.69, 9.17) is 0 Å². The van der Waals surface area contributed by atoms with E-state index in [1.165, 1.54) is 11.3 Å². The van der Waals surface area contributed by atoms with E-state index >= 15 is 0 Å². The minimum Gasteiger partial charge on any atom is -0.477 e. The molecule has 2 aromatic rings. The van der Waals surface area contributed by atoms with E-state index in [-0.39, 0.29) is 5.41 Å². The summed E-state index contributed by atoms with van der Waals surface area (Å²) in [7, 11) is 0. The summed E-state index contributed by atoms with van der Waals surface area (Å²) in [5, 5.41) is 9.94.